The normalized spacial score (nSPS) is 10.4. The van der Waals surface area contributed by atoms with Gasteiger partial charge in [-0.3, -0.25) is 0 Å². The molecule has 0 aromatic heterocycles. The molecule has 0 saturated heterocycles. The maximum absolute atomic E-state index is 11.5. The van der Waals surface area contributed by atoms with Crippen molar-refractivity contribution in [1.29, 1.82) is 0 Å². The molecule has 0 aliphatic heterocycles. The van der Waals surface area contributed by atoms with Crippen molar-refractivity contribution < 1.29 is 9.53 Å². The highest BCUT2D eigenvalue weighted by Crippen LogP contribution is 2.00. The van der Waals surface area contributed by atoms with Crippen LogP contribution in [0.3, 0.4) is 0 Å². The Bertz CT molecular complexity index is 160. The largest absolute Gasteiger partial charge is 0.447 e. The number of nitrogens with zero attached hydrogens (tertiary/aromatic N) is 1. The summed E-state index contributed by atoms with van der Waals surface area (Å²) in [6.07, 6.45) is 1.74. The summed E-state index contributed by atoms with van der Waals surface area (Å²) >= 11 is 0. The Balaban J connectivity index is 3.97. The highest BCUT2D eigenvalue weighted by Gasteiger charge is 2.14. The summed E-state index contributed by atoms with van der Waals surface area (Å²) < 4.78 is 5.09. The van der Waals surface area contributed by atoms with Crippen LogP contribution in [0.1, 0.15) is 33.6 Å². The number of carbonyl (C=O) groups is 1. The van der Waals surface area contributed by atoms with Crippen molar-refractivity contribution in [3.05, 3.63) is 0 Å². The number of hydrogen-bond donors (Lipinski definition) is 1. The lowest BCUT2D eigenvalue weighted by Gasteiger charge is -2.22. The zero-order valence-electron chi connectivity index (χ0n) is 9.45. The number of ether oxygens (including phenoxy) is 1. The predicted octanol–water partition coefficient (Wildman–Crippen LogP) is 1.59. The first kappa shape index (κ1) is 13.2. The molecule has 0 aromatic carbocycles. The molecule has 0 aliphatic carbocycles. The fourth-order valence-electron chi connectivity index (χ4n) is 1.08. The van der Waals surface area contributed by atoms with Gasteiger partial charge in [-0.25, -0.2) is 4.79 Å². The summed E-state index contributed by atoms with van der Waals surface area (Å²) in [4.78, 5) is 13.2. The molecule has 0 fully saturated rings. The SMILES string of the molecule is CCCCN(CCN)C(=O)OC(C)C. The Kier molecular flexibility index (Phi) is 7.20. The molecule has 2 N–H and O–H groups in total. The zero-order valence-corrected chi connectivity index (χ0v) is 9.45. The Morgan fingerprint density at radius 2 is 2.07 bits per heavy atom. The summed E-state index contributed by atoms with van der Waals surface area (Å²) in [5.74, 6) is 0. The third-order valence-corrected chi connectivity index (χ3v) is 1.78. The van der Waals surface area contributed by atoms with Crippen molar-refractivity contribution in [3.63, 3.8) is 0 Å². The first-order chi connectivity index (χ1) is 6.61. The molecule has 0 spiro atoms. The summed E-state index contributed by atoms with van der Waals surface area (Å²) in [6.45, 7) is 7.58. The lowest BCUT2D eigenvalue weighted by molar-refractivity contribution is 0.0772. The molecule has 0 unspecified atom stereocenters. The highest BCUT2D eigenvalue weighted by atomic mass is 16.6. The Morgan fingerprint density at radius 3 is 2.50 bits per heavy atom. The molecule has 0 saturated carbocycles. The van der Waals surface area contributed by atoms with Crippen LogP contribution in [0.5, 0.6) is 0 Å². The van der Waals surface area contributed by atoms with Gasteiger partial charge in [-0.05, 0) is 20.3 Å². The summed E-state index contributed by atoms with van der Waals surface area (Å²) in [5, 5.41) is 0. The van der Waals surface area contributed by atoms with Gasteiger partial charge in [0.15, 0.2) is 0 Å². The predicted molar refractivity (Wildman–Crippen MR) is 57.2 cm³/mol. The van der Waals surface area contributed by atoms with E-state index in [1.807, 2.05) is 13.8 Å². The third-order valence-electron chi connectivity index (χ3n) is 1.78. The fourth-order valence-corrected chi connectivity index (χ4v) is 1.08. The molecule has 84 valence electrons. The van der Waals surface area contributed by atoms with E-state index in [1.54, 1.807) is 4.90 Å². The van der Waals surface area contributed by atoms with E-state index in [0.29, 0.717) is 13.1 Å². The first-order valence-electron chi connectivity index (χ1n) is 5.27. The summed E-state index contributed by atoms with van der Waals surface area (Å²) in [5.41, 5.74) is 5.42. The maximum atomic E-state index is 11.5. The van der Waals surface area contributed by atoms with Crippen LogP contribution in [0.15, 0.2) is 0 Å². The number of hydrogen-bond acceptors (Lipinski definition) is 3. The van der Waals surface area contributed by atoms with Crippen molar-refractivity contribution in [3.8, 4) is 0 Å². The van der Waals surface area contributed by atoms with Crippen LogP contribution < -0.4 is 5.73 Å². The molecular formula is C10H22N2O2. The van der Waals surface area contributed by atoms with Crippen molar-refractivity contribution >= 4 is 6.09 Å². The molecule has 0 aromatic rings. The van der Waals surface area contributed by atoms with Gasteiger partial charge < -0.3 is 15.4 Å². The van der Waals surface area contributed by atoms with Gasteiger partial charge in [0.1, 0.15) is 0 Å². The first-order valence-corrected chi connectivity index (χ1v) is 5.27. The average molecular weight is 202 g/mol. The minimum absolute atomic E-state index is 0.0654. The van der Waals surface area contributed by atoms with Crippen LogP contribution in [0, 0.1) is 0 Å². The van der Waals surface area contributed by atoms with Gasteiger partial charge >= 0.3 is 6.09 Å². The fraction of sp³-hybridized carbons (Fsp3) is 0.900. The smallest absolute Gasteiger partial charge is 0.410 e. The van der Waals surface area contributed by atoms with E-state index in [-0.39, 0.29) is 12.2 Å². The van der Waals surface area contributed by atoms with E-state index in [2.05, 4.69) is 6.92 Å². The van der Waals surface area contributed by atoms with E-state index in [9.17, 15) is 4.79 Å². The second kappa shape index (κ2) is 7.62. The van der Waals surface area contributed by atoms with Gasteiger partial charge in [-0.2, -0.15) is 0 Å². The molecule has 1 amide bonds. The van der Waals surface area contributed by atoms with Crippen LogP contribution in [0.4, 0.5) is 4.79 Å². The summed E-state index contributed by atoms with van der Waals surface area (Å²) in [6, 6.07) is 0. The molecule has 4 heteroatoms. The molecule has 0 rings (SSSR count). The molecule has 0 radical (unpaired) electrons. The number of carbonyl (C=O) groups excluding carboxylic acids is 1. The Labute approximate surface area is 86.4 Å². The van der Waals surface area contributed by atoms with Gasteiger partial charge in [0, 0.05) is 19.6 Å². The number of unbranched alkanes of at least 4 members (excludes halogenated alkanes) is 1. The standard InChI is InChI=1S/C10H22N2O2/c1-4-5-7-12(8-6-11)10(13)14-9(2)3/h9H,4-8,11H2,1-3H3. The Hall–Kier alpha value is -0.770. The number of nitrogens with two attached hydrogens (primary N) is 1. The van der Waals surface area contributed by atoms with E-state index in [0.717, 1.165) is 19.4 Å². The molecule has 0 atom stereocenters. The van der Waals surface area contributed by atoms with Crippen molar-refractivity contribution in [2.45, 2.75) is 39.7 Å². The van der Waals surface area contributed by atoms with Crippen LogP contribution in [0.25, 0.3) is 0 Å². The van der Waals surface area contributed by atoms with Crippen molar-refractivity contribution in [2.75, 3.05) is 19.6 Å². The van der Waals surface area contributed by atoms with Crippen LogP contribution in [-0.2, 0) is 4.74 Å². The second-order valence-corrected chi connectivity index (χ2v) is 3.56. The summed E-state index contributed by atoms with van der Waals surface area (Å²) in [7, 11) is 0. The van der Waals surface area contributed by atoms with Gasteiger partial charge in [0.2, 0.25) is 0 Å². The quantitative estimate of drug-likeness (QED) is 0.711. The average Bonchev–Trinajstić information content (AvgIpc) is 2.10. The lowest BCUT2D eigenvalue weighted by atomic mass is 10.3. The minimum Gasteiger partial charge on any atom is -0.447 e. The van der Waals surface area contributed by atoms with E-state index in [1.165, 1.54) is 0 Å². The van der Waals surface area contributed by atoms with E-state index >= 15 is 0 Å². The van der Waals surface area contributed by atoms with Gasteiger partial charge in [0.05, 0.1) is 6.10 Å². The van der Waals surface area contributed by atoms with Crippen molar-refractivity contribution in [1.82, 2.24) is 4.90 Å². The zero-order chi connectivity index (χ0) is 11.0. The second-order valence-electron chi connectivity index (χ2n) is 3.56. The number of rotatable bonds is 6. The lowest BCUT2D eigenvalue weighted by Crippen LogP contribution is -2.37. The molecule has 0 heterocycles. The van der Waals surface area contributed by atoms with Gasteiger partial charge in [0.25, 0.3) is 0 Å². The van der Waals surface area contributed by atoms with Gasteiger partial charge in [-0.15, -0.1) is 0 Å². The molecule has 4 nitrogen and oxygen atoms in total. The molecule has 0 bridgehead atoms. The minimum atomic E-state index is -0.251. The maximum Gasteiger partial charge on any atom is 0.410 e. The molecular weight excluding hydrogens is 180 g/mol. The van der Waals surface area contributed by atoms with Crippen LogP contribution >= 0.6 is 0 Å². The molecule has 14 heavy (non-hydrogen) atoms. The third kappa shape index (κ3) is 5.80. The van der Waals surface area contributed by atoms with E-state index < -0.39 is 0 Å². The molecule has 0 aliphatic rings. The van der Waals surface area contributed by atoms with Crippen LogP contribution in [-0.4, -0.2) is 36.7 Å². The number of amides is 1. The van der Waals surface area contributed by atoms with Gasteiger partial charge in [-0.1, -0.05) is 13.3 Å². The monoisotopic (exact) mass is 202 g/mol. The Morgan fingerprint density at radius 1 is 1.43 bits per heavy atom. The van der Waals surface area contributed by atoms with E-state index in [4.69, 9.17) is 10.5 Å². The topological polar surface area (TPSA) is 55.6 Å². The highest BCUT2D eigenvalue weighted by molar-refractivity contribution is 5.67. The van der Waals surface area contributed by atoms with Crippen molar-refractivity contribution in [2.24, 2.45) is 5.73 Å². The van der Waals surface area contributed by atoms with Crippen LogP contribution in [0.2, 0.25) is 0 Å².